The Balaban J connectivity index is 1.78. The van der Waals surface area contributed by atoms with Gasteiger partial charge in [-0.05, 0) is 29.3 Å². The van der Waals surface area contributed by atoms with E-state index in [1.807, 2.05) is 24.3 Å². The Bertz CT molecular complexity index is 866. The molecule has 0 heterocycles. The van der Waals surface area contributed by atoms with Crippen molar-refractivity contribution in [1.82, 2.24) is 10.2 Å². The second-order valence-corrected chi connectivity index (χ2v) is 6.66. The zero-order valence-corrected chi connectivity index (χ0v) is 15.5. The highest BCUT2D eigenvalue weighted by Gasteiger charge is 2.32. The number of hydrogen-bond acceptors (Lipinski definition) is 4. The standard InChI is InChI=1S/C20H23N3O4/c1-23(2)19(25)13-8-9-17(27-3)15(10-13)21-20(26)22-18-14-7-5-4-6-12(14)11-16(18)24/h4-10,16,18,24H,11H2,1-3H3,(H2,21,22,26). The van der Waals surface area contributed by atoms with Gasteiger partial charge in [0.15, 0.2) is 0 Å². The van der Waals surface area contributed by atoms with Crippen LogP contribution in [-0.4, -0.2) is 49.3 Å². The lowest BCUT2D eigenvalue weighted by Crippen LogP contribution is -2.37. The Labute approximate surface area is 157 Å². The number of amides is 3. The van der Waals surface area contributed by atoms with E-state index in [4.69, 9.17) is 4.74 Å². The largest absolute Gasteiger partial charge is 0.495 e. The molecule has 1 aliphatic rings. The van der Waals surface area contributed by atoms with Crippen LogP contribution in [0.25, 0.3) is 0 Å². The van der Waals surface area contributed by atoms with Gasteiger partial charge in [-0.3, -0.25) is 4.79 Å². The van der Waals surface area contributed by atoms with Gasteiger partial charge in [0.25, 0.3) is 5.91 Å². The maximum Gasteiger partial charge on any atom is 0.319 e. The minimum Gasteiger partial charge on any atom is -0.495 e. The minimum absolute atomic E-state index is 0.179. The van der Waals surface area contributed by atoms with E-state index in [9.17, 15) is 14.7 Å². The summed E-state index contributed by atoms with van der Waals surface area (Å²) in [5.74, 6) is 0.258. The molecule has 0 saturated carbocycles. The molecule has 7 nitrogen and oxygen atoms in total. The number of nitrogens with zero attached hydrogens (tertiary/aromatic N) is 1. The van der Waals surface area contributed by atoms with Gasteiger partial charge in [0.05, 0.1) is 24.9 Å². The maximum absolute atomic E-state index is 12.5. The summed E-state index contributed by atoms with van der Waals surface area (Å²) in [6, 6.07) is 11.5. The summed E-state index contributed by atoms with van der Waals surface area (Å²) in [5, 5.41) is 15.8. The first-order chi connectivity index (χ1) is 12.9. The summed E-state index contributed by atoms with van der Waals surface area (Å²) in [6.45, 7) is 0. The van der Waals surface area contributed by atoms with Gasteiger partial charge in [-0.2, -0.15) is 0 Å². The highest BCUT2D eigenvalue weighted by atomic mass is 16.5. The number of anilines is 1. The molecule has 2 aromatic carbocycles. The molecule has 1 aliphatic carbocycles. The number of carbonyl (C=O) groups excluding carboxylic acids is 2. The number of benzene rings is 2. The van der Waals surface area contributed by atoms with Crippen LogP contribution in [-0.2, 0) is 6.42 Å². The molecule has 0 saturated heterocycles. The van der Waals surface area contributed by atoms with Crippen LogP contribution in [0.2, 0.25) is 0 Å². The van der Waals surface area contributed by atoms with Gasteiger partial charge in [-0.15, -0.1) is 0 Å². The van der Waals surface area contributed by atoms with Crippen molar-refractivity contribution in [3.63, 3.8) is 0 Å². The molecule has 2 aromatic rings. The normalized spacial score (nSPS) is 17.8. The average molecular weight is 369 g/mol. The lowest BCUT2D eigenvalue weighted by Gasteiger charge is -2.19. The lowest BCUT2D eigenvalue weighted by atomic mass is 10.1. The van der Waals surface area contributed by atoms with Crippen LogP contribution in [0.15, 0.2) is 42.5 Å². The molecule has 0 bridgehead atoms. The monoisotopic (exact) mass is 369 g/mol. The number of ether oxygens (including phenoxy) is 1. The van der Waals surface area contributed by atoms with Crippen molar-refractivity contribution < 1.29 is 19.4 Å². The number of methoxy groups -OCH3 is 1. The van der Waals surface area contributed by atoms with Crippen molar-refractivity contribution in [1.29, 1.82) is 0 Å². The van der Waals surface area contributed by atoms with Crippen LogP contribution in [0, 0.1) is 0 Å². The van der Waals surface area contributed by atoms with Gasteiger partial charge < -0.3 is 25.4 Å². The van der Waals surface area contributed by atoms with Crippen molar-refractivity contribution >= 4 is 17.6 Å². The van der Waals surface area contributed by atoms with Gasteiger partial charge in [0.2, 0.25) is 0 Å². The van der Waals surface area contributed by atoms with E-state index in [0.29, 0.717) is 23.4 Å². The summed E-state index contributed by atoms with van der Waals surface area (Å²) in [5.41, 5.74) is 2.74. The molecule has 0 aliphatic heterocycles. The van der Waals surface area contributed by atoms with Crippen molar-refractivity contribution in [2.75, 3.05) is 26.5 Å². The predicted molar refractivity (Wildman–Crippen MR) is 102 cm³/mol. The van der Waals surface area contributed by atoms with Gasteiger partial charge in [0.1, 0.15) is 5.75 Å². The van der Waals surface area contributed by atoms with Gasteiger partial charge in [-0.25, -0.2) is 4.79 Å². The molecule has 0 radical (unpaired) electrons. The number of aliphatic hydroxyl groups excluding tert-OH is 1. The Morgan fingerprint density at radius 2 is 1.93 bits per heavy atom. The molecular weight excluding hydrogens is 346 g/mol. The third-order valence-corrected chi connectivity index (χ3v) is 4.59. The second-order valence-electron chi connectivity index (χ2n) is 6.66. The van der Waals surface area contributed by atoms with Crippen molar-refractivity contribution in [3.8, 4) is 5.75 Å². The number of carbonyl (C=O) groups is 2. The molecule has 0 fully saturated rings. The third-order valence-electron chi connectivity index (χ3n) is 4.59. The minimum atomic E-state index is -0.684. The van der Waals surface area contributed by atoms with Crippen LogP contribution in [0.5, 0.6) is 5.75 Å². The number of urea groups is 1. The van der Waals surface area contributed by atoms with Crippen LogP contribution < -0.4 is 15.4 Å². The van der Waals surface area contributed by atoms with E-state index < -0.39 is 18.2 Å². The molecule has 0 spiro atoms. The summed E-state index contributed by atoms with van der Waals surface area (Å²) < 4.78 is 5.27. The molecule has 7 heteroatoms. The van der Waals surface area contributed by atoms with Crippen LogP contribution in [0.3, 0.4) is 0 Å². The Hall–Kier alpha value is -3.06. The third kappa shape index (κ3) is 3.88. The smallest absolute Gasteiger partial charge is 0.319 e. The summed E-state index contributed by atoms with van der Waals surface area (Å²) in [4.78, 5) is 26.1. The number of aliphatic hydroxyl groups is 1. The number of fused-ring (bicyclic) bond motifs is 1. The molecule has 3 rings (SSSR count). The van der Waals surface area contributed by atoms with Crippen molar-refractivity contribution in [3.05, 3.63) is 59.2 Å². The van der Waals surface area contributed by atoms with Crippen LogP contribution in [0.1, 0.15) is 27.5 Å². The van der Waals surface area contributed by atoms with E-state index in [1.165, 1.54) is 12.0 Å². The molecular formula is C20H23N3O4. The SMILES string of the molecule is COc1ccc(C(=O)N(C)C)cc1NC(=O)NC1c2ccccc2CC1O. The van der Waals surface area contributed by atoms with E-state index in [1.54, 1.807) is 32.3 Å². The fraction of sp³-hybridized carbons (Fsp3) is 0.300. The van der Waals surface area contributed by atoms with E-state index >= 15 is 0 Å². The molecule has 27 heavy (non-hydrogen) atoms. The van der Waals surface area contributed by atoms with Gasteiger partial charge in [-0.1, -0.05) is 24.3 Å². The van der Waals surface area contributed by atoms with Gasteiger partial charge in [0, 0.05) is 26.1 Å². The first-order valence-corrected chi connectivity index (χ1v) is 8.63. The van der Waals surface area contributed by atoms with Crippen LogP contribution >= 0.6 is 0 Å². The molecule has 142 valence electrons. The molecule has 0 aromatic heterocycles. The van der Waals surface area contributed by atoms with E-state index in [0.717, 1.165) is 11.1 Å². The first kappa shape index (κ1) is 18.7. The zero-order chi connectivity index (χ0) is 19.6. The molecule has 3 amide bonds. The number of hydrogen-bond donors (Lipinski definition) is 3. The fourth-order valence-electron chi connectivity index (χ4n) is 3.24. The summed E-state index contributed by atoms with van der Waals surface area (Å²) in [7, 11) is 4.80. The van der Waals surface area contributed by atoms with Crippen LogP contribution in [0.4, 0.5) is 10.5 Å². The maximum atomic E-state index is 12.5. The first-order valence-electron chi connectivity index (χ1n) is 8.63. The molecule has 2 atom stereocenters. The van der Waals surface area contributed by atoms with Gasteiger partial charge >= 0.3 is 6.03 Å². The number of rotatable bonds is 4. The topological polar surface area (TPSA) is 90.9 Å². The Kier molecular flexibility index (Phi) is 5.32. The lowest BCUT2D eigenvalue weighted by molar-refractivity contribution is 0.0827. The van der Waals surface area contributed by atoms with E-state index in [-0.39, 0.29) is 5.91 Å². The second kappa shape index (κ2) is 7.67. The molecule has 2 unspecified atom stereocenters. The Morgan fingerprint density at radius 3 is 2.63 bits per heavy atom. The average Bonchev–Trinajstić information content (AvgIpc) is 2.96. The zero-order valence-electron chi connectivity index (χ0n) is 15.5. The molecule has 3 N–H and O–H groups in total. The Morgan fingerprint density at radius 1 is 1.19 bits per heavy atom. The highest BCUT2D eigenvalue weighted by Crippen LogP contribution is 2.32. The van der Waals surface area contributed by atoms with Crippen molar-refractivity contribution in [2.24, 2.45) is 0 Å². The number of nitrogens with one attached hydrogen (secondary N) is 2. The summed E-state index contributed by atoms with van der Waals surface area (Å²) in [6.07, 6.45) is -0.186. The predicted octanol–water partition coefficient (Wildman–Crippen LogP) is 2.18. The highest BCUT2D eigenvalue weighted by molar-refractivity contribution is 5.98. The quantitative estimate of drug-likeness (QED) is 0.770. The van der Waals surface area contributed by atoms with E-state index in [2.05, 4.69) is 10.6 Å². The fourth-order valence-corrected chi connectivity index (χ4v) is 3.24. The van der Waals surface area contributed by atoms with Crippen molar-refractivity contribution in [2.45, 2.75) is 18.6 Å². The summed E-state index contributed by atoms with van der Waals surface area (Å²) >= 11 is 0.